The molecule has 7 rings (SSSR count). The fourth-order valence-corrected chi connectivity index (χ4v) is 9.39. The minimum atomic E-state index is -4.44. The Morgan fingerprint density at radius 1 is 0.946 bits per heavy atom. The molecule has 1 saturated heterocycles. The molecule has 0 spiro atoms. The number of sulfone groups is 1. The highest BCUT2D eigenvalue weighted by Gasteiger charge is 2.30. The second kappa shape index (κ2) is 25.9. The van der Waals surface area contributed by atoms with E-state index in [1.165, 1.54) is 16.7 Å². The van der Waals surface area contributed by atoms with Gasteiger partial charge in [0.25, 0.3) is 11.5 Å². The van der Waals surface area contributed by atoms with E-state index in [1.54, 1.807) is 67.7 Å². The van der Waals surface area contributed by atoms with Crippen molar-refractivity contribution in [3.8, 4) is 28.8 Å². The number of aromatic amines is 1. The third-order valence-electron chi connectivity index (χ3n) is 12.1. The van der Waals surface area contributed by atoms with Crippen LogP contribution in [0.15, 0.2) is 93.2 Å². The molecule has 1 fully saturated rings. The van der Waals surface area contributed by atoms with E-state index in [4.69, 9.17) is 23.5 Å². The Labute approximate surface area is 427 Å². The highest BCUT2D eigenvalue weighted by Crippen LogP contribution is 2.32. The monoisotopic (exact) mass is 1050 g/mol. The van der Waals surface area contributed by atoms with Gasteiger partial charge in [-0.2, -0.15) is 13.2 Å². The van der Waals surface area contributed by atoms with Gasteiger partial charge in [0.15, 0.2) is 16.4 Å². The summed E-state index contributed by atoms with van der Waals surface area (Å²) in [6.07, 6.45) is -0.955. The van der Waals surface area contributed by atoms with Gasteiger partial charge in [-0.25, -0.2) is 13.4 Å². The standard InChI is InChI=1S/C52H62F3N9O9S/c1-35(59-46-30-38(32-58-51(46)66)50-36(2)62-73-37(50)3)44-9-6-12-49(61-44)72-33-48(65)57-20-23-69-24-25-70-26-27-71-28-29-74(67,68)42-15-13-39(14-16-42)56-19-7-8-41-31-43-45(60-40-17-21-63(4)22-18-40)10-5-11-47(43)64(41)34-52(53,54)55/h5-6,9-16,30-32,35,40,56,59-60H,17-29,33-34H2,1-4H3,(H,57,65)(H,58,66)/t35-/m1/s1. The smallest absolute Gasteiger partial charge is 0.406 e. The largest absolute Gasteiger partial charge is 0.468 e. The van der Waals surface area contributed by atoms with Gasteiger partial charge in [-0.05, 0) is 114 Å². The number of hydrogen-bond acceptors (Lipinski definition) is 15. The number of nitrogens with zero attached hydrogens (tertiary/aromatic N) is 4. The number of rotatable bonds is 25. The highest BCUT2D eigenvalue weighted by atomic mass is 32.2. The van der Waals surface area contributed by atoms with Gasteiger partial charge >= 0.3 is 6.18 Å². The second-order valence-corrected chi connectivity index (χ2v) is 19.9. The molecule has 4 aromatic heterocycles. The van der Waals surface area contributed by atoms with Gasteiger partial charge in [0.1, 0.15) is 18.0 Å². The molecule has 1 aliphatic heterocycles. The summed E-state index contributed by atoms with van der Waals surface area (Å²) in [5, 5.41) is 17.2. The van der Waals surface area contributed by atoms with Crippen LogP contribution in [0.1, 0.15) is 48.6 Å². The highest BCUT2D eigenvalue weighted by molar-refractivity contribution is 7.91. The predicted octanol–water partition coefficient (Wildman–Crippen LogP) is 6.72. The van der Waals surface area contributed by atoms with E-state index in [-0.39, 0.29) is 105 Å². The number of carbonyl (C=O) groups excluding carboxylic acids is 1. The van der Waals surface area contributed by atoms with Crippen LogP contribution in [0.5, 0.6) is 5.88 Å². The summed E-state index contributed by atoms with van der Waals surface area (Å²) in [4.78, 5) is 34.6. The number of nitrogens with one attached hydrogen (secondary N) is 5. The minimum absolute atomic E-state index is 0.0388. The van der Waals surface area contributed by atoms with Gasteiger partial charge < -0.3 is 59.2 Å². The number of carbonyl (C=O) groups is 1. The number of halogens is 3. The Balaban J connectivity index is 0.737. The van der Waals surface area contributed by atoms with Crippen molar-refractivity contribution in [2.75, 3.05) is 101 Å². The van der Waals surface area contributed by atoms with Crippen LogP contribution >= 0.6 is 0 Å². The molecule has 396 valence electrons. The fourth-order valence-electron chi connectivity index (χ4n) is 8.27. The second-order valence-electron chi connectivity index (χ2n) is 17.8. The molecule has 0 unspecified atom stereocenters. The van der Waals surface area contributed by atoms with Crippen molar-refractivity contribution in [1.29, 1.82) is 0 Å². The number of ether oxygens (including phenoxy) is 4. The van der Waals surface area contributed by atoms with Crippen LogP contribution in [0.3, 0.4) is 0 Å². The topological polar surface area (TPSA) is 216 Å². The molecular weight excluding hydrogens is 984 g/mol. The fraction of sp³-hybridized carbons (Fsp3) is 0.423. The van der Waals surface area contributed by atoms with Crippen LogP contribution in [0, 0.1) is 25.7 Å². The van der Waals surface area contributed by atoms with Gasteiger partial charge in [-0.1, -0.05) is 23.2 Å². The molecule has 74 heavy (non-hydrogen) atoms. The molecule has 22 heteroatoms. The predicted molar refractivity (Wildman–Crippen MR) is 275 cm³/mol. The van der Waals surface area contributed by atoms with Crippen molar-refractivity contribution < 1.29 is 49.9 Å². The van der Waals surface area contributed by atoms with E-state index in [0.717, 1.165) is 42.7 Å². The Morgan fingerprint density at radius 2 is 1.66 bits per heavy atom. The summed E-state index contributed by atoms with van der Waals surface area (Å²) >= 11 is 0. The molecule has 1 atom stereocenters. The van der Waals surface area contributed by atoms with E-state index < -0.39 is 22.6 Å². The molecule has 0 saturated carbocycles. The van der Waals surface area contributed by atoms with Crippen molar-refractivity contribution in [1.82, 2.24) is 29.9 Å². The number of anilines is 3. The molecule has 5 N–H and O–H groups in total. The number of aromatic nitrogens is 4. The molecule has 6 aromatic rings. The lowest BCUT2D eigenvalue weighted by Crippen LogP contribution is -2.36. The minimum Gasteiger partial charge on any atom is -0.468 e. The third kappa shape index (κ3) is 15.8. The maximum Gasteiger partial charge on any atom is 0.406 e. The Kier molecular flexibility index (Phi) is 19.2. The van der Waals surface area contributed by atoms with Crippen LogP contribution in [0.4, 0.5) is 30.2 Å². The summed E-state index contributed by atoms with van der Waals surface area (Å²) in [6.45, 7) is 7.42. The van der Waals surface area contributed by atoms with Crippen LogP contribution in [0.2, 0.25) is 0 Å². The van der Waals surface area contributed by atoms with Crippen molar-refractivity contribution in [2.45, 2.75) is 63.3 Å². The SMILES string of the molecule is Cc1noc(C)c1-c1c[nH]c(=O)c(N[C@H](C)c2cccc(OCC(=O)NCCOCCOCCOCCS(=O)(=O)c3ccc(NCC#Cc4cc5c(NC6CCN(C)CC6)cccc5n4CC(F)(F)F)cc3)n2)c1. The van der Waals surface area contributed by atoms with Crippen molar-refractivity contribution >= 4 is 43.7 Å². The lowest BCUT2D eigenvalue weighted by Gasteiger charge is -2.30. The molecule has 0 bridgehead atoms. The third-order valence-corrected chi connectivity index (χ3v) is 13.8. The summed E-state index contributed by atoms with van der Waals surface area (Å²) in [5.41, 5.74) is 4.97. The zero-order valence-electron chi connectivity index (χ0n) is 41.8. The first-order valence-corrected chi connectivity index (χ1v) is 25.9. The number of aryl methyl sites for hydroxylation is 2. The van der Waals surface area contributed by atoms with Gasteiger partial charge in [-0.15, -0.1) is 0 Å². The van der Waals surface area contributed by atoms with Gasteiger partial charge in [0.2, 0.25) is 5.88 Å². The number of amides is 1. The number of hydrogen-bond donors (Lipinski definition) is 5. The molecular formula is C52H62F3N9O9S. The summed E-state index contributed by atoms with van der Waals surface area (Å²) < 4.78 is 95.6. The van der Waals surface area contributed by atoms with Crippen LogP contribution in [-0.4, -0.2) is 136 Å². The quantitative estimate of drug-likeness (QED) is 0.0297. The van der Waals surface area contributed by atoms with E-state index in [2.05, 4.69) is 60.2 Å². The van der Waals surface area contributed by atoms with Crippen LogP contribution in [0.25, 0.3) is 22.0 Å². The first-order chi connectivity index (χ1) is 35.5. The normalized spacial score (nSPS) is 13.8. The van der Waals surface area contributed by atoms with Gasteiger partial charge in [0.05, 0.1) is 85.5 Å². The van der Waals surface area contributed by atoms with Gasteiger partial charge in [0, 0.05) is 52.7 Å². The first kappa shape index (κ1) is 54.9. The lowest BCUT2D eigenvalue weighted by atomic mass is 10.0. The lowest BCUT2D eigenvalue weighted by molar-refractivity contribution is -0.140. The zero-order chi connectivity index (χ0) is 52.7. The Bertz CT molecular complexity index is 3030. The van der Waals surface area contributed by atoms with Crippen molar-refractivity contribution in [3.05, 3.63) is 112 Å². The van der Waals surface area contributed by atoms with E-state index in [9.17, 15) is 31.2 Å². The molecule has 1 amide bonds. The van der Waals surface area contributed by atoms with E-state index >= 15 is 0 Å². The number of pyridine rings is 2. The molecule has 18 nitrogen and oxygen atoms in total. The van der Waals surface area contributed by atoms with Crippen LogP contribution < -0.4 is 31.6 Å². The molecule has 2 aromatic carbocycles. The number of fused-ring (bicyclic) bond motifs is 1. The number of benzene rings is 2. The molecule has 5 heterocycles. The van der Waals surface area contributed by atoms with Crippen LogP contribution in [-0.2, 0) is 35.4 Å². The number of alkyl halides is 3. The number of piperidine rings is 1. The molecule has 0 aliphatic carbocycles. The Hall–Kier alpha value is -6.90. The average molecular weight is 1050 g/mol. The number of H-pyrrole nitrogens is 1. The van der Waals surface area contributed by atoms with Crippen molar-refractivity contribution in [3.63, 3.8) is 0 Å². The number of likely N-dealkylation sites (tertiary alicyclic amines) is 1. The summed E-state index contributed by atoms with van der Waals surface area (Å²) in [7, 11) is -1.57. The summed E-state index contributed by atoms with van der Waals surface area (Å²) in [5.74, 6) is 6.11. The average Bonchev–Trinajstić information content (AvgIpc) is 3.90. The molecule has 0 radical (unpaired) electrons. The van der Waals surface area contributed by atoms with E-state index in [1.807, 2.05) is 19.9 Å². The van der Waals surface area contributed by atoms with E-state index in [0.29, 0.717) is 39.4 Å². The van der Waals surface area contributed by atoms with Gasteiger partial charge in [-0.3, -0.25) is 9.59 Å². The van der Waals surface area contributed by atoms with Crippen molar-refractivity contribution in [2.24, 2.45) is 0 Å². The first-order valence-electron chi connectivity index (χ1n) is 24.2. The maximum atomic E-state index is 13.7. The maximum absolute atomic E-state index is 13.7. The Morgan fingerprint density at radius 3 is 2.38 bits per heavy atom. The summed E-state index contributed by atoms with van der Waals surface area (Å²) in [6, 6.07) is 19.9. The molecule has 1 aliphatic rings. The zero-order valence-corrected chi connectivity index (χ0v) is 42.6.